The quantitative estimate of drug-likeness (QED) is 0.373. The maximum absolute atomic E-state index is 12.1. The molecule has 0 aliphatic heterocycles. The Morgan fingerprint density at radius 1 is 1.14 bits per heavy atom. The van der Waals surface area contributed by atoms with Crippen LogP contribution >= 0.6 is 15.9 Å². The highest BCUT2D eigenvalue weighted by Crippen LogP contribution is 2.28. The largest absolute Gasteiger partial charge is 0.508 e. The Hall–Kier alpha value is -2.44. The van der Waals surface area contributed by atoms with Gasteiger partial charge in [0.1, 0.15) is 5.75 Å². The molecule has 1 aromatic heterocycles. The highest BCUT2D eigenvalue weighted by Gasteiger charge is 2.13. The molecule has 6 heteroatoms. The third kappa shape index (κ3) is 2.66. The first-order valence-corrected chi connectivity index (χ1v) is 7.28. The van der Waals surface area contributed by atoms with E-state index in [1.165, 1.54) is 0 Å². The van der Waals surface area contributed by atoms with E-state index in [0.717, 1.165) is 10.0 Å². The minimum Gasteiger partial charge on any atom is -0.508 e. The average molecular weight is 358 g/mol. The number of benzene rings is 2. The monoisotopic (exact) mass is 357 g/mol. The maximum Gasteiger partial charge on any atom is 0.265 e. The number of aromatic hydroxyl groups is 1. The van der Waals surface area contributed by atoms with Gasteiger partial charge in [-0.25, -0.2) is 10.8 Å². The first kappa shape index (κ1) is 14.5. The number of aromatic nitrogens is 1. The lowest BCUT2D eigenvalue weighted by Gasteiger charge is -2.09. The molecule has 0 fully saturated rings. The third-order valence-corrected chi connectivity index (χ3v) is 3.80. The Morgan fingerprint density at radius 2 is 1.86 bits per heavy atom. The molecule has 0 saturated heterocycles. The maximum atomic E-state index is 12.1. The molecule has 4 N–H and O–H groups in total. The van der Waals surface area contributed by atoms with Crippen LogP contribution in [0.1, 0.15) is 10.4 Å². The van der Waals surface area contributed by atoms with Crippen molar-refractivity contribution >= 4 is 32.7 Å². The van der Waals surface area contributed by atoms with E-state index in [-0.39, 0.29) is 11.7 Å². The van der Waals surface area contributed by atoms with Crippen LogP contribution in [-0.4, -0.2) is 16.0 Å². The predicted molar refractivity (Wildman–Crippen MR) is 88.2 cm³/mol. The van der Waals surface area contributed by atoms with Crippen molar-refractivity contribution in [3.8, 4) is 17.0 Å². The first-order valence-electron chi connectivity index (χ1n) is 6.49. The molecule has 0 aliphatic carbocycles. The summed E-state index contributed by atoms with van der Waals surface area (Å²) in [5.41, 5.74) is 4.72. The number of phenolic OH excluding ortho intramolecular Hbond substituents is 1. The number of halogens is 1. The average Bonchev–Trinajstić information content (AvgIpc) is 2.54. The number of carbonyl (C=O) groups excluding carboxylic acids is 1. The van der Waals surface area contributed by atoms with E-state index in [1.807, 2.05) is 18.2 Å². The predicted octanol–water partition coefficient (Wildman–Crippen LogP) is 2.97. The van der Waals surface area contributed by atoms with Crippen molar-refractivity contribution in [2.75, 3.05) is 0 Å². The number of nitrogens with one attached hydrogen (secondary N) is 1. The molecule has 0 unspecified atom stereocenters. The van der Waals surface area contributed by atoms with Crippen LogP contribution in [0.4, 0.5) is 0 Å². The van der Waals surface area contributed by atoms with Gasteiger partial charge in [0.2, 0.25) is 0 Å². The second-order valence-corrected chi connectivity index (χ2v) is 5.65. The number of amides is 1. The van der Waals surface area contributed by atoms with E-state index in [2.05, 4.69) is 26.3 Å². The lowest BCUT2D eigenvalue weighted by atomic mass is 10.0. The van der Waals surface area contributed by atoms with Gasteiger partial charge in [0, 0.05) is 15.4 Å². The zero-order chi connectivity index (χ0) is 15.7. The summed E-state index contributed by atoms with van der Waals surface area (Å²) in [5.74, 6) is 5.07. The van der Waals surface area contributed by atoms with E-state index in [0.29, 0.717) is 22.2 Å². The molecular weight excluding hydrogens is 346 g/mol. The van der Waals surface area contributed by atoms with Gasteiger partial charge in [0.15, 0.2) is 0 Å². The number of pyridine rings is 1. The second kappa shape index (κ2) is 5.75. The van der Waals surface area contributed by atoms with Crippen molar-refractivity contribution in [1.82, 2.24) is 10.4 Å². The number of hydrazine groups is 1. The number of nitrogens with two attached hydrogens (primary N) is 1. The molecule has 0 bridgehead atoms. The molecule has 0 atom stereocenters. The van der Waals surface area contributed by atoms with Gasteiger partial charge in [-0.3, -0.25) is 10.2 Å². The lowest BCUT2D eigenvalue weighted by molar-refractivity contribution is 0.0955. The Kier molecular flexibility index (Phi) is 3.79. The summed E-state index contributed by atoms with van der Waals surface area (Å²) in [5, 5.41) is 10.1. The molecule has 0 radical (unpaired) electrons. The van der Waals surface area contributed by atoms with Crippen LogP contribution < -0.4 is 11.3 Å². The van der Waals surface area contributed by atoms with E-state index in [9.17, 15) is 9.90 Å². The van der Waals surface area contributed by atoms with E-state index >= 15 is 0 Å². The number of hydrogen-bond donors (Lipinski definition) is 3. The SMILES string of the molecule is NNC(=O)c1cc(-c2ccc(O)cc2)nc2ccc(Br)cc12. The smallest absolute Gasteiger partial charge is 0.265 e. The van der Waals surface area contributed by atoms with Crippen LogP contribution in [0.5, 0.6) is 5.75 Å². The Morgan fingerprint density at radius 3 is 2.55 bits per heavy atom. The van der Waals surface area contributed by atoms with Crippen molar-refractivity contribution in [2.24, 2.45) is 5.84 Å². The van der Waals surface area contributed by atoms with Crippen LogP contribution in [-0.2, 0) is 0 Å². The number of phenols is 1. The molecule has 2 aromatic carbocycles. The summed E-state index contributed by atoms with van der Waals surface area (Å²) in [6.07, 6.45) is 0. The normalized spacial score (nSPS) is 10.6. The number of nitrogens with zero attached hydrogens (tertiary/aromatic N) is 1. The molecule has 0 aliphatic rings. The van der Waals surface area contributed by atoms with Crippen LogP contribution in [0.3, 0.4) is 0 Å². The Labute approximate surface area is 134 Å². The second-order valence-electron chi connectivity index (χ2n) is 4.74. The molecule has 110 valence electrons. The van der Waals surface area contributed by atoms with Gasteiger partial charge in [-0.2, -0.15) is 0 Å². The molecule has 3 aromatic rings. The number of nitrogen functional groups attached to an aromatic ring is 1. The fraction of sp³-hybridized carbons (Fsp3) is 0. The summed E-state index contributed by atoms with van der Waals surface area (Å²) in [6.45, 7) is 0. The highest BCUT2D eigenvalue weighted by molar-refractivity contribution is 9.10. The molecule has 0 saturated carbocycles. The van der Waals surface area contributed by atoms with Crippen LogP contribution in [0.25, 0.3) is 22.2 Å². The van der Waals surface area contributed by atoms with Gasteiger partial charge in [-0.1, -0.05) is 15.9 Å². The number of rotatable bonds is 2. The minimum absolute atomic E-state index is 0.174. The third-order valence-electron chi connectivity index (χ3n) is 3.31. The van der Waals surface area contributed by atoms with Crippen LogP contribution in [0, 0.1) is 0 Å². The lowest BCUT2D eigenvalue weighted by Crippen LogP contribution is -2.30. The fourth-order valence-electron chi connectivity index (χ4n) is 2.24. The van der Waals surface area contributed by atoms with Crippen molar-refractivity contribution in [2.45, 2.75) is 0 Å². The van der Waals surface area contributed by atoms with Crippen LogP contribution in [0.2, 0.25) is 0 Å². The van der Waals surface area contributed by atoms with E-state index < -0.39 is 0 Å². The Bertz CT molecular complexity index is 863. The first-order chi connectivity index (χ1) is 10.6. The number of carbonyl (C=O) groups is 1. The van der Waals surface area contributed by atoms with Crippen molar-refractivity contribution in [3.05, 3.63) is 58.6 Å². The van der Waals surface area contributed by atoms with Crippen molar-refractivity contribution in [3.63, 3.8) is 0 Å². The van der Waals surface area contributed by atoms with Crippen molar-refractivity contribution < 1.29 is 9.90 Å². The summed E-state index contributed by atoms with van der Waals surface area (Å²) in [4.78, 5) is 16.6. The van der Waals surface area contributed by atoms with E-state index in [4.69, 9.17) is 5.84 Å². The van der Waals surface area contributed by atoms with E-state index in [1.54, 1.807) is 30.3 Å². The summed E-state index contributed by atoms with van der Waals surface area (Å²) >= 11 is 3.39. The summed E-state index contributed by atoms with van der Waals surface area (Å²) in [7, 11) is 0. The minimum atomic E-state index is -0.384. The topological polar surface area (TPSA) is 88.2 Å². The summed E-state index contributed by atoms with van der Waals surface area (Å²) < 4.78 is 0.852. The zero-order valence-corrected chi connectivity index (χ0v) is 13.0. The zero-order valence-electron chi connectivity index (χ0n) is 11.4. The molecule has 1 heterocycles. The van der Waals surface area contributed by atoms with Crippen molar-refractivity contribution in [1.29, 1.82) is 0 Å². The number of hydrogen-bond acceptors (Lipinski definition) is 4. The summed E-state index contributed by atoms with van der Waals surface area (Å²) in [6, 6.07) is 13.8. The van der Waals surface area contributed by atoms with Gasteiger partial charge in [0.25, 0.3) is 5.91 Å². The van der Waals surface area contributed by atoms with Gasteiger partial charge in [0.05, 0.1) is 16.8 Å². The molecule has 3 rings (SSSR count). The van der Waals surface area contributed by atoms with Crippen LogP contribution in [0.15, 0.2) is 53.0 Å². The van der Waals surface area contributed by atoms with Gasteiger partial charge < -0.3 is 5.11 Å². The molecule has 5 nitrogen and oxygen atoms in total. The highest BCUT2D eigenvalue weighted by atomic mass is 79.9. The van der Waals surface area contributed by atoms with Gasteiger partial charge in [-0.15, -0.1) is 0 Å². The Balaban J connectivity index is 2.26. The molecular formula is C16H12BrN3O2. The molecule has 1 amide bonds. The fourth-order valence-corrected chi connectivity index (χ4v) is 2.60. The standard InChI is InChI=1S/C16H12BrN3O2/c17-10-3-6-14-12(7-10)13(16(22)20-18)8-15(19-14)9-1-4-11(21)5-2-9/h1-8,21H,18H2,(H,20,22). The molecule has 0 spiro atoms. The van der Waals surface area contributed by atoms with Gasteiger partial charge >= 0.3 is 0 Å². The number of fused-ring (bicyclic) bond motifs is 1. The molecule has 22 heavy (non-hydrogen) atoms. The van der Waals surface area contributed by atoms with Gasteiger partial charge in [-0.05, 0) is 48.5 Å².